The average Bonchev–Trinajstić information content (AvgIpc) is 1.98. The number of carboxylic acids is 1. The predicted octanol–water partition coefficient (Wildman–Crippen LogP) is 0.376. The Labute approximate surface area is 79.7 Å². The summed E-state index contributed by atoms with van der Waals surface area (Å²) in [6, 6.07) is -0.727. The Kier molecular flexibility index (Phi) is 5.66. The van der Waals surface area contributed by atoms with Gasteiger partial charge in [-0.2, -0.15) is 0 Å². The number of nitrogens with two attached hydrogens (primary N) is 1. The molecule has 0 aliphatic carbocycles. The Morgan fingerprint density at radius 3 is 2.46 bits per heavy atom. The molecular weight excluding hydrogens is 168 g/mol. The quantitative estimate of drug-likeness (QED) is 0.632. The van der Waals surface area contributed by atoms with Gasteiger partial charge in [-0.15, -0.1) is 0 Å². The molecule has 13 heavy (non-hydrogen) atoms. The number of hydrogen-bond acceptors (Lipinski definition) is 3. The maximum atomic E-state index is 10.4. The highest BCUT2D eigenvalue weighted by molar-refractivity contribution is 5.72. The van der Waals surface area contributed by atoms with Crippen molar-refractivity contribution >= 4 is 5.97 Å². The van der Waals surface area contributed by atoms with Crippen LogP contribution in [0.15, 0.2) is 0 Å². The number of rotatable bonds is 6. The maximum absolute atomic E-state index is 10.4. The molecule has 0 heterocycles. The molecule has 0 aliphatic rings. The van der Waals surface area contributed by atoms with E-state index < -0.39 is 12.0 Å². The van der Waals surface area contributed by atoms with Crippen LogP contribution in [-0.2, 0) is 4.79 Å². The zero-order valence-corrected chi connectivity index (χ0v) is 8.66. The molecule has 4 heteroatoms. The van der Waals surface area contributed by atoms with Crippen LogP contribution in [0.1, 0.15) is 20.3 Å². The number of nitrogens with zero attached hydrogens (tertiary/aromatic N) is 1. The molecule has 0 saturated carbocycles. The summed E-state index contributed by atoms with van der Waals surface area (Å²) in [5.41, 5.74) is 5.37. The molecule has 0 fully saturated rings. The lowest BCUT2D eigenvalue weighted by atomic mass is 10.2. The topological polar surface area (TPSA) is 66.6 Å². The fourth-order valence-corrected chi connectivity index (χ4v) is 1.20. The van der Waals surface area contributed by atoms with Crippen molar-refractivity contribution in [3.63, 3.8) is 0 Å². The molecule has 0 saturated heterocycles. The average molecular weight is 188 g/mol. The van der Waals surface area contributed by atoms with Gasteiger partial charge in [0.1, 0.15) is 6.04 Å². The lowest BCUT2D eigenvalue weighted by Crippen LogP contribution is -2.35. The Balaban J connectivity index is 3.57. The van der Waals surface area contributed by atoms with Crippen LogP contribution in [0.25, 0.3) is 0 Å². The van der Waals surface area contributed by atoms with E-state index in [0.29, 0.717) is 12.3 Å². The minimum Gasteiger partial charge on any atom is -0.480 e. The van der Waals surface area contributed by atoms with Crippen molar-refractivity contribution < 1.29 is 9.90 Å². The molecule has 3 N–H and O–H groups in total. The second-order valence-electron chi connectivity index (χ2n) is 3.89. The number of aliphatic carboxylic acids is 1. The molecule has 0 amide bonds. The molecule has 1 unspecified atom stereocenters. The van der Waals surface area contributed by atoms with E-state index in [1.54, 1.807) is 0 Å². The van der Waals surface area contributed by atoms with Crippen molar-refractivity contribution in [3.05, 3.63) is 0 Å². The minimum absolute atomic E-state index is 0.512. The van der Waals surface area contributed by atoms with Crippen molar-refractivity contribution in [1.29, 1.82) is 0 Å². The SMILES string of the molecule is CC(C)CN(C)CCC(N)C(=O)O. The largest absolute Gasteiger partial charge is 0.480 e. The summed E-state index contributed by atoms with van der Waals surface area (Å²) >= 11 is 0. The first-order valence-corrected chi connectivity index (χ1v) is 4.60. The fourth-order valence-electron chi connectivity index (χ4n) is 1.20. The van der Waals surface area contributed by atoms with E-state index in [2.05, 4.69) is 18.7 Å². The Morgan fingerprint density at radius 2 is 2.08 bits per heavy atom. The zero-order chi connectivity index (χ0) is 10.4. The molecule has 0 spiro atoms. The van der Waals surface area contributed by atoms with Gasteiger partial charge in [-0.05, 0) is 25.9 Å². The summed E-state index contributed by atoms with van der Waals surface area (Å²) in [5.74, 6) is -0.316. The molecule has 0 bridgehead atoms. The minimum atomic E-state index is -0.919. The summed E-state index contributed by atoms with van der Waals surface area (Å²) in [4.78, 5) is 12.5. The van der Waals surface area contributed by atoms with Crippen molar-refractivity contribution in [1.82, 2.24) is 4.90 Å². The Morgan fingerprint density at radius 1 is 1.54 bits per heavy atom. The van der Waals surface area contributed by atoms with Crippen LogP contribution in [0.2, 0.25) is 0 Å². The third-order valence-electron chi connectivity index (χ3n) is 1.82. The van der Waals surface area contributed by atoms with E-state index in [9.17, 15) is 4.79 Å². The van der Waals surface area contributed by atoms with Gasteiger partial charge in [-0.25, -0.2) is 0 Å². The molecule has 0 aromatic rings. The van der Waals surface area contributed by atoms with Crippen LogP contribution in [-0.4, -0.2) is 42.2 Å². The monoisotopic (exact) mass is 188 g/mol. The lowest BCUT2D eigenvalue weighted by molar-refractivity contribution is -0.138. The number of hydrogen-bond donors (Lipinski definition) is 2. The van der Waals surface area contributed by atoms with Gasteiger partial charge in [0.25, 0.3) is 0 Å². The first kappa shape index (κ1) is 12.4. The van der Waals surface area contributed by atoms with Crippen LogP contribution in [0.5, 0.6) is 0 Å². The van der Waals surface area contributed by atoms with Gasteiger partial charge in [0.2, 0.25) is 0 Å². The Bertz CT molecular complexity index is 160. The van der Waals surface area contributed by atoms with Crippen LogP contribution in [0.4, 0.5) is 0 Å². The smallest absolute Gasteiger partial charge is 0.320 e. The highest BCUT2D eigenvalue weighted by Gasteiger charge is 2.12. The van der Waals surface area contributed by atoms with Gasteiger partial charge >= 0.3 is 5.97 Å². The summed E-state index contributed by atoms with van der Waals surface area (Å²) in [6.45, 7) is 5.99. The summed E-state index contributed by atoms with van der Waals surface area (Å²) < 4.78 is 0. The molecule has 0 rings (SSSR count). The molecule has 0 aromatic carbocycles. The van der Waals surface area contributed by atoms with Crippen LogP contribution >= 0.6 is 0 Å². The molecule has 4 nitrogen and oxygen atoms in total. The van der Waals surface area contributed by atoms with Crippen LogP contribution in [0, 0.1) is 5.92 Å². The van der Waals surface area contributed by atoms with Gasteiger partial charge < -0.3 is 15.7 Å². The summed E-state index contributed by atoms with van der Waals surface area (Å²) in [6.07, 6.45) is 0.512. The molecule has 1 atom stereocenters. The van der Waals surface area contributed by atoms with Crippen molar-refractivity contribution in [2.75, 3.05) is 20.1 Å². The molecule has 0 radical (unpaired) electrons. The second kappa shape index (κ2) is 5.94. The van der Waals surface area contributed by atoms with Crippen LogP contribution in [0.3, 0.4) is 0 Å². The van der Waals surface area contributed by atoms with E-state index in [4.69, 9.17) is 10.8 Å². The van der Waals surface area contributed by atoms with Crippen molar-refractivity contribution in [2.45, 2.75) is 26.3 Å². The second-order valence-corrected chi connectivity index (χ2v) is 3.89. The maximum Gasteiger partial charge on any atom is 0.320 e. The number of carbonyl (C=O) groups is 1. The Hall–Kier alpha value is -0.610. The molecule has 0 aromatic heterocycles. The van der Waals surface area contributed by atoms with E-state index in [-0.39, 0.29) is 0 Å². The first-order valence-electron chi connectivity index (χ1n) is 4.60. The predicted molar refractivity (Wildman–Crippen MR) is 52.6 cm³/mol. The van der Waals surface area contributed by atoms with E-state index in [1.807, 2.05) is 7.05 Å². The third kappa shape index (κ3) is 6.54. The van der Waals surface area contributed by atoms with Gasteiger partial charge in [0, 0.05) is 6.54 Å². The lowest BCUT2D eigenvalue weighted by Gasteiger charge is -2.19. The summed E-state index contributed by atoms with van der Waals surface area (Å²) in [7, 11) is 1.98. The van der Waals surface area contributed by atoms with E-state index in [0.717, 1.165) is 13.1 Å². The zero-order valence-electron chi connectivity index (χ0n) is 8.66. The fraction of sp³-hybridized carbons (Fsp3) is 0.889. The van der Waals surface area contributed by atoms with Crippen molar-refractivity contribution in [2.24, 2.45) is 11.7 Å². The van der Waals surface area contributed by atoms with E-state index >= 15 is 0 Å². The van der Waals surface area contributed by atoms with Crippen molar-refractivity contribution in [3.8, 4) is 0 Å². The highest BCUT2D eigenvalue weighted by atomic mass is 16.4. The van der Waals surface area contributed by atoms with Gasteiger partial charge in [0.05, 0.1) is 0 Å². The van der Waals surface area contributed by atoms with Gasteiger partial charge in [-0.3, -0.25) is 4.79 Å². The molecular formula is C9H20N2O2. The van der Waals surface area contributed by atoms with Gasteiger partial charge in [-0.1, -0.05) is 13.8 Å². The van der Waals surface area contributed by atoms with Crippen LogP contribution < -0.4 is 5.73 Å². The van der Waals surface area contributed by atoms with E-state index in [1.165, 1.54) is 0 Å². The molecule has 78 valence electrons. The highest BCUT2D eigenvalue weighted by Crippen LogP contribution is 1.98. The normalized spacial score (nSPS) is 13.7. The standard InChI is InChI=1S/C9H20N2O2/c1-7(2)6-11(3)5-4-8(10)9(12)13/h7-8H,4-6,10H2,1-3H3,(H,12,13). The third-order valence-corrected chi connectivity index (χ3v) is 1.82. The first-order chi connectivity index (χ1) is 5.93. The molecule has 0 aliphatic heterocycles. The summed E-state index contributed by atoms with van der Waals surface area (Å²) in [5, 5.41) is 8.53. The number of carboxylic acid groups (broad SMARTS) is 1. The van der Waals surface area contributed by atoms with Gasteiger partial charge in [0.15, 0.2) is 0 Å².